The predicted octanol–water partition coefficient (Wildman–Crippen LogP) is 2.44. The topological polar surface area (TPSA) is 80.9 Å². The molecule has 1 aromatic carbocycles. The van der Waals surface area contributed by atoms with E-state index in [4.69, 9.17) is 5.11 Å². The van der Waals surface area contributed by atoms with E-state index in [0.717, 1.165) is 10.9 Å². The summed E-state index contributed by atoms with van der Waals surface area (Å²) in [6.07, 6.45) is 3.14. The number of rotatable bonds is 5. The maximum Gasteiger partial charge on any atom is 0.316 e. The minimum atomic E-state index is -0.867. The molecule has 22 heavy (non-hydrogen) atoms. The Morgan fingerprint density at radius 1 is 1.32 bits per heavy atom. The van der Waals surface area contributed by atoms with Gasteiger partial charge >= 0.3 is 5.97 Å². The van der Waals surface area contributed by atoms with Crippen molar-refractivity contribution in [1.29, 1.82) is 0 Å². The Balaban J connectivity index is 1.93. The predicted molar refractivity (Wildman–Crippen MR) is 83.8 cm³/mol. The molecule has 0 bridgehead atoms. The van der Waals surface area contributed by atoms with Gasteiger partial charge in [-0.15, -0.1) is 0 Å². The summed E-state index contributed by atoms with van der Waals surface area (Å²) < 4.78 is 1.79. The van der Waals surface area contributed by atoms with E-state index in [1.165, 1.54) is 18.1 Å². The van der Waals surface area contributed by atoms with Crippen molar-refractivity contribution in [1.82, 2.24) is 19.7 Å². The van der Waals surface area contributed by atoms with Crippen LogP contribution in [0.15, 0.2) is 47.9 Å². The molecule has 0 spiro atoms. The number of carboxylic acids is 1. The molecule has 0 radical (unpaired) electrons. The summed E-state index contributed by atoms with van der Waals surface area (Å²) in [5.41, 5.74) is 1.83. The standard InChI is InChI=1S/C15H14N4O2S/c1-10(15(20)21)22-14-12-7-18-19(13(12)16-9-17-14)8-11-5-3-2-4-6-11/h2-7,9-10H,8H2,1H3,(H,20,21). The first kappa shape index (κ1) is 14.5. The number of aliphatic carboxylic acids is 1. The van der Waals surface area contributed by atoms with Crippen molar-refractivity contribution >= 4 is 28.8 Å². The molecule has 0 amide bonds. The summed E-state index contributed by atoms with van der Waals surface area (Å²) in [5, 5.41) is 14.2. The molecule has 2 heterocycles. The number of carboxylic acid groups (broad SMARTS) is 1. The largest absolute Gasteiger partial charge is 0.480 e. The lowest BCUT2D eigenvalue weighted by molar-refractivity contribution is -0.136. The Hall–Kier alpha value is -2.41. The average Bonchev–Trinajstić information content (AvgIpc) is 2.92. The van der Waals surface area contributed by atoms with Gasteiger partial charge in [-0.2, -0.15) is 5.10 Å². The molecule has 0 aliphatic heterocycles. The highest BCUT2D eigenvalue weighted by atomic mass is 32.2. The number of aromatic nitrogens is 4. The smallest absolute Gasteiger partial charge is 0.316 e. The lowest BCUT2D eigenvalue weighted by Crippen LogP contribution is -2.11. The van der Waals surface area contributed by atoms with Gasteiger partial charge in [0.1, 0.15) is 16.6 Å². The lowest BCUT2D eigenvalue weighted by atomic mass is 10.2. The highest BCUT2D eigenvalue weighted by molar-refractivity contribution is 8.00. The Bertz CT molecular complexity index is 804. The summed E-state index contributed by atoms with van der Waals surface area (Å²) in [6, 6.07) is 9.97. The third kappa shape index (κ3) is 2.94. The molecule has 7 heteroatoms. The Morgan fingerprint density at radius 3 is 2.82 bits per heavy atom. The van der Waals surface area contributed by atoms with Gasteiger partial charge in [-0.05, 0) is 12.5 Å². The van der Waals surface area contributed by atoms with Crippen molar-refractivity contribution in [2.75, 3.05) is 0 Å². The molecule has 1 atom stereocenters. The van der Waals surface area contributed by atoms with Crippen LogP contribution < -0.4 is 0 Å². The molecule has 6 nitrogen and oxygen atoms in total. The van der Waals surface area contributed by atoms with Gasteiger partial charge in [0, 0.05) is 0 Å². The van der Waals surface area contributed by atoms with Crippen molar-refractivity contribution in [3.8, 4) is 0 Å². The van der Waals surface area contributed by atoms with Crippen LogP contribution in [0.2, 0.25) is 0 Å². The zero-order valence-corrected chi connectivity index (χ0v) is 12.7. The molecule has 1 N–H and O–H groups in total. The van der Waals surface area contributed by atoms with E-state index < -0.39 is 11.2 Å². The van der Waals surface area contributed by atoms with Gasteiger partial charge < -0.3 is 5.11 Å². The first-order chi connectivity index (χ1) is 10.6. The molecule has 0 fully saturated rings. The van der Waals surface area contributed by atoms with Crippen LogP contribution in [0, 0.1) is 0 Å². The van der Waals surface area contributed by atoms with Gasteiger partial charge in [-0.25, -0.2) is 14.6 Å². The van der Waals surface area contributed by atoms with Gasteiger partial charge in [0.15, 0.2) is 5.65 Å². The number of thioether (sulfide) groups is 1. The van der Waals surface area contributed by atoms with Crippen LogP contribution in [-0.2, 0) is 11.3 Å². The number of nitrogens with zero attached hydrogens (tertiary/aromatic N) is 4. The molecule has 3 rings (SSSR count). The highest BCUT2D eigenvalue weighted by Crippen LogP contribution is 2.27. The number of fused-ring (bicyclic) bond motifs is 1. The van der Waals surface area contributed by atoms with E-state index in [-0.39, 0.29) is 0 Å². The fraction of sp³-hybridized carbons (Fsp3) is 0.200. The average molecular weight is 314 g/mol. The second-order valence-corrected chi connectivity index (χ2v) is 6.13. The molecule has 1 unspecified atom stereocenters. The quantitative estimate of drug-likeness (QED) is 0.575. The van der Waals surface area contributed by atoms with Gasteiger partial charge in [-0.3, -0.25) is 4.79 Å². The maximum atomic E-state index is 11.0. The molecule has 112 valence electrons. The summed E-state index contributed by atoms with van der Waals surface area (Å²) in [4.78, 5) is 19.5. The lowest BCUT2D eigenvalue weighted by Gasteiger charge is -2.06. The van der Waals surface area contributed by atoms with Crippen LogP contribution in [0.4, 0.5) is 0 Å². The molecular formula is C15H14N4O2S. The molecular weight excluding hydrogens is 300 g/mol. The number of hydrogen-bond acceptors (Lipinski definition) is 5. The third-order valence-corrected chi connectivity index (χ3v) is 4.31. The van der Waals surface area contributed by atoms with Gasteiger partial charge in [0.2, 0.25) is 0 Å². The molecule has 0 saturated carbocycles. The van der Waals surface area contributed by atoms with E-state index >= 15 is 0 Å². The number of hydrogen-bond donors (Lipinski definition) is 1. The summed E-state index contributed by atoms with van der Waals surface area (Å²) in [7, 11) is 0. The van der Waals surface area contributed by atoms with Crippen LogP contribution >= 0.6 is 11.8 Å². The highest BCUT2D eigenvalue weighted by Gasteiger charge is 2.17. The number of carbonyl (C=O) groups is 1. The van der Waals surface area contributed by atoms with Crippen LogP contribution in [0.5, 0.6) is 0 Å². The Morgan fingerprint density at radius 2 is 2.09 bits per heavy atom. The monoisotopic (exact) mass is 314 g/mol. The van der Waals surface area contributed by atoms with Gasteiger partial charge in [-0.1, -0.05) is 42.1 Å². The summed E-state index contributed by atoms with van der Waals surface area (Å²) in [6.45, 7) is 2.25. The van der Waals surface area contributed by atoms with E-state index in [0.29, 0.717) is 17.2 Å². The van der Waals surface area contributed by atoms with Crippen LogP contribution in [0.25, 0.3) is 11.0 Å². The van der Waals surface area contributed by atoms with E-state index in [1.54, 1.807) is 17.8 Å². The van der Waals surface area contributed by atoms with Crippen molar-refractivity contribution in [3.63, 3.8) is 0 Å². The van der Waals surface area contributed by atoms with Crippen LogP contribution in [0.1, 0.15) is 12.5 Å². The van der Waals surface area contributed by atoms with Crippen LogP contribution in [-0.4, -0.2) is 36.1 Å². The van der Waals surface area contributed by atoms with Gasteiger partial charge in [0.05, 0.1) is 18.1 Å². The van der Waals surface area contributed by atoms with Crippen molar-refractivity contribution in [2.24, 2.45) is 0 Å². The van der Waals surface area contributed by atoms with Crippen LogP contribution in [0.3, 0.4) is 0 Å². The Labute approximate surface area is 131 Å². The molecule has 0 saturated heterocycles. The molecule has 0 aliphatic rings. The van der Waals surface area contributed by atoms with Gasteiger partial charge in [0.25, 0.3) is 0 Å². The van der Waals surface area contributed by atoms with Crippen molar-refractivity contribution < 1.29 is 9.90 Å². The number of benzene rings is 1. The minimum Gasteiger partial charge on any atom is -0.480 e. The Kier molecular flexibility index (Phi) is 4.06. The summed E-state index contributed by atoms with van der Waals surface area (Å²) >= 11 is 1.20. The fourth-order valence-corrected chi connectivity index (χ4v) is 2.87. The first-order valence-electron chi connectivity index (χ1n) is 6.75. The first-order valence-corrected chi connectivity index (χ1v) is 7.63. The minimum absolute atomic E-state index is 0.574. The normalized spacial score (nSPS) is 12.4. The SMILES string of the molecule is CC(Sc1ncnc2c1cnn2Cc1ccccc1)C(=O)O. The molecule has 0 aliphatic carbocycles. The third-order valence-electron chi connectivity index (χ3n) is 3.21. The van der Waals surface area contributed by atoms with E-state index in [1.807, 2.05) is 30.3 Å². The second-order valence-electron chi connectivity index (χ2n) is 4.80. The van der Waals surface area contributed by atoms with E-state index in [2.05, 4.69) is 15.1 Å². The van der Waals surface area contributed by atoms with Crippen molar-refractivity contribution in [3.05, 3.63) is 48.4 Å². The summed E-state index contributed by atoms with van der Waals surface area (Å²) in [5.74, 6) is -0.867. The molecule has 3 aromatic rings. The second kappa shape index (κ2) is 6.15. The fourth-order valence-electron chi connectivity index (χ4n) is 2.06. The zero-order valence-electron chi connectivity index (χ0n) is 11.9. The molecule has 2 aromatic heterocycles. The maximum absolute atomic E-state index is 11.0. The van der Waals surface area contributed by atoms with Crippen molar-refractivity contribution in [2.45, 2.75) is 23.7 Å². The van der Waals surface area contributed by atoms with E-state index in [9.17, 15) is 4.79 Å². The zero-order chi connectivity index (χ0) is 15.5.